The molecule has 1 aromatic heterocycles. The van der Waals surface area contributed by atoms with Crippen molar-refractivity contribution in [3.8, 4) is 5.75 Å². The van der Waals surface area contributed by atoms with Crippen molar-refractivity contribution in [1.29, 1.82) is 0 Å². The van der Waals surface area contributed by atoms with Gasteiger partial charge in [-0.3, -0.25) is 4.79 Å². The highest BCUT2D eigenvalue weighted by Crippen LogP contribution is 2.24. The second kappa shape index (κ2) is 11.2. The third-order valence-corrected chi connectivity index (χ3v) is 5.74. The number of hydrogen-bond donors (Lipinski definition) is 0. The Kier molecular flexibility index (Phi) is 8.31. The first-order valence-corrected chi connectivity index (χ1v) is 11.7. The second-order valence-electron chi connectivity index (χ2n) is 9.22. The van der Waals surface area contributed by atoms with E-state index in [0.29, 0.717) is 57.8 Å². The summed E-state index contributed by atoms with van der Waals surface area (Å²) in [6.07, 6.45) is 2.71. The molecule has 1 fully saturated rings. The summed E-state index contributed by atoms with van der Waals surface area (Å²) in [4.78, 5) is 32.8. The van der Waals surface area contributed by atoms with Gasteiger partial charge in [-0.15, -0.1) is 0 Å². The number of nitrogens with zero attached hydrogens (tertiary/aromatic N) is 3. The van der Waals surface area contributed by atoms with Gasteiger partial charge in [-0.05, 0) is 48.6 Å². The molecule has 3 rings (SSSR count). The molecule has 1 aliphatic rings. The summed E-state index contributed by atoms with van der Waals surface area (Å²) in [6.45, 7) is 12.0. The lowest BCUT2D eigenvalue weighted by molar-refractivity contribution is -0.131. The minimum Gasteiger partial charge on any atom is -0.494 e. The summed E-state index contributed by atoms with van der Waals surface area (Å²) in [6, 6.07) is 11.7. The number of esters is 1. The van der Waals surface area contributed by atoms with Gasteiger partial charge in [0.2, 0.25) is 5.91 Å². The summed E-state index contributed by atoms with van der Waals surface area (Å²) in [5, 5.41) is 0. The van der Waals surface area contributed by atoms with Crippen molar-refractivity contribution in [3.05, 3.63) is 53.7 Å². The van der Waals surface area contributed by atoms with Crippen LogP contribution in [-0.2, 0) is 14.9 Å². The van der Waals surface area contributed by atoms with Crippen LogP contribution in [0.25, 0.3) is 0 Å². The fourth-order valence-electron chi connectivity index (χ4n) is 3.72. The highest BCUT2D eigenvalue weighted by atomic mass is 16.5. The van der Waals surface area contributed by atoms with E-state index in [0.717, 1.165) is 11.6 Å². The Bertz CT molecular complexity index is 912. The number of aromatic nitrogens is 1. The summed E-state index contributed by atoms with van der Waals surface area (Å²) in [5.41, 5.74) is 1.84. The van der Waals surface area contributed by atoms with Gasteiger partial charge in [0.1, 0.15) is 11.6 Å². The second-order valence-corrected chi connectivity index (χ2v) is 9.22. The first kappa shape index (κ1) is 24.6. The molecular formula is C26H35N3O4. The van der Waals surface area contributed by atoms with Crippen LogP contribution in [0.2, 0.25) is 0 Å². The normalized spacial score (nSPS) is 14.2. The Morgan fingerprint density at radius 2 is 1.70 bits per heavy atom. The molecule has 0 aliphatic carbocycles. The molecule has 0 N–H and O–H groups in total. The third-order valence-electron chi connectivity index (χ3n) is 5.74. The van der Waals surface area contributed by atoms with Crippen LogP contribution in [0, 0.1) is 0 Å². The zero-order valence-corrected chi connectivity index (χ0v) is 20.2. The van der Waals surface area contributed by atoms with Crippen molar-refractivity contribution >= 4 is 17.7 Å². The van der Waals surface area contributed by atoms with Gasteiger partial charge in [0.25, 0.3) is 0 Å². The Balaban J connectivity index is 1.37. The van der Waals surface area contributed by atoms with E-state index in [9.17, 15) is 9.59 Å². The third kappa shape index (κ3) is 6.94. The molecule has 0 saturated carbocycles. The molecule has 0 atom stereocenters. The molecule has 7 heteroatoms. The number of pyridine rings is 1. The molecule has 1 aliphatic heterocycles. The Hall–Kier alpha value is -3.09. The lowest BCUT2D eigenvalue weighted by Crippen LogP contribution is -2.49. The zero-order chi connectivity index (χ0) is 23.8. The molecule has 1 amide bonds. The number of ether oxygens (including phenoxy) is 2. The predicted octanol–water partition coefficient (Wildman–Crippen LogP) is 4.06. The molecule has 33 heavy (non-hydrogen) atoms. The van der Waals surface area contributed by atoms with Gasteiger partial charge in [-0.1, -0.05) is 32.9 Å². The first-order chi connectivity index (χ1) is 15.8. The topological polar surface area (TPSA) is 72.0 Å². The van der Waals surface area contributed by atoms with Crippen LogP contribution in [0.1, 0.15) is 56.5 Å². The first-order valence-electron chi connectivity index (χ1n) is 11.7. The van der Waals surface area contributed by atoms with Crippen LogP contribution in [-0.4, -0.2) is 61.2 Å². The van der Waals surface area contributed by atoms with Crippen molar-refractivity contribution < 1.29 is 19.1 Å². The van der Waals surface area contributed by atoms with Crippen molar-refractivity contribution in [3.63, 3.8) is 0 Å². The lowest BCUT2D eigenvalue weighted by Gasteiger charge is -2.35. The molecule has 0 unspecified atom stereocenters. The van der Waals surface area contributed by atoms with E-state index in [1.807, 2.05) is 23.1 Å². The van der Waals surface area contributed by atoms with E-state index in [1.165, 1.54) is 5.56 Å². The average Bonchev–Trinajstić information content (AvgIpc) is 2.82. The molecule has 1 saturated heterocycles. The fourth-order valence-corrected chi connectivity index (χ4v) is 3.72. The summed E-state index contributed by atoms with van der Waals surface area (Å²) in [5.74, 6) is 1.44. The summed E-state index contributed by atoms with van der Waals surface area (Å²) >= 11 is 0. The molecule has 2 heterocycles. The number of rotatable bonds is 8. The number of anilines is 1. The van der Waals surface area contributed by atoms with E-state index >= 15 is 0 Å². The van der Waals surface area contributed by atoms with Crippen LogP contribution < -0.4 is 9.64 Å². The van der Waals surface area contributed by atoms with E-state index in [2.05, 4.69) is 42.8 Å². The Labute approximate surface area is 196 Å². The predicted molar refractivity (Wildman–Crippen MR) is 129 cm³/mol. The summed E-state index contributed by atoms with van der Waals surface area (Å²) in [7, 11) is 0. The molecule has 0 radical (unpaired) electrons. The number of carbonyl (C=O) groups excluding carboxylic acids is 2. The minimum absolute atomic E-state index is 0.122. The number of hydrogen-bond acceptors (Lipinski definition) is 6. The minimum atomic E-state index is -0.363. The molecule has 178 valence electrons. The molecule has 7 nitrogen and oxygen atoms in total. The average molecular weight is 454 g/mol. The molecule has 0 spiro atoms. The van der Waals surface area contributed by atoms with Crippen LogP contribution >= 0.6 is 0 Å². The van der Waals surface area contributed by atoms with Gasteiger partial charge < -0.3 is 19.3 Å². The van der Waals surface area contributed by atoms with E-state index < -0.39 is 0 Å². The van der Waals surface area contributed by atoms with E-state index in [-0.39, 0.29) is 17.3 Å². The Morgan fingerprint density at radius 1 is 1.00 bits per heavy atom. The largest absolute Gasteiger partial charge is 0.494 e. The van der Waals surface area contributed by atoms with Gasteiger partial charge in [-0.2, -0.15) is 0 Å². The van der Waals surface area contributed by atoms with Crippen LogP contribution in [0.4, 0.5) is 5.82 Å². The van der Waals surface area contributed by atoms with E-state index in [1.54, 1.807) is 19.2 Å². The highest BCUT2D eigenvalue weighted by molar-refractivity contribution is 5.89. The van der Waals surface area contributed by atoms with Crippen LogP contribution in [0.5, 0.6) is 5.75 Å². The zero-order valence-electron chi connectivity index (χ0n) is 20.2. The van der Waals surface area contributed by atoms with E-state index in [4.69, 9.17) is 9.47 Å². The standard InChI is InChI=1S/C26H35N3O4/c1-5-32-25(31)20-8-13-23(27-19-20)28-14-16-29(17-15-28)24(30)7-6-18-33-22-11-9-21(10-12-22)26(2,3)4/h8-13,19H,5-7,14-18H2,1-4H3. The molecular weight excluding hydrogens is 418 g/mol. The van der Waals surface area contributed by atoms with Crippen LogP contribution in [0.15, 0.2) is 42.6 Å². The number of piperazine rings is 1. The monoisotopic (exact) mass is 453 g/mol. The van der Waals surface area contributed by atoms with Crippen molar-refractivity contribution in [2.75, 3.05) is 44.3 Å². The lowest BCUT2D eigenvalue weighted by atomic mass is 9.87. The number of benzene rings is 1. The molecule has 1 aromatic carbocycles. The van der Waals surface area contributed by atoms with Gasteiger partial charge >= 0.3 is 5.97 Å². The maximum atomic E-state index is 12.6. The quantitative estimate of drug-likeness (QED) is 0.443. The van der Waals surface area contributed by atoms with Crippen molar-refractivity contribution in [2.45, 2.75) is 46.0 Å². The van der Waals surface area contributed by atoms with Gasteiger partial charge in [0.15, 0.2) is 0 Å². The SMILES string of the molecule is CCOC(=O)c1ccc(N2CCN(C(=O)CCCOc3ccc(C(C)(C)C)cc3)CC2)nc1. The molecule has 0 bridgehead atoms. The van der Waals surface area contributed by atoms with Crippen LogP contribution in [0.3, 0.4) is 0 Å². The smallest absolute Gasteiger partial charge is 0.339 e. The van der Waals surface area contributed by atoms with Gasteiger partial charge in [0, 0.05) is 38.8 Å². The Morgan fingerprint density at radius 3 is 2.27 bits per heavy atom. The van der Waals surface area contributed by atoms with Crippen molar-refractivity contribution in [2.24, 2.45) is 0 Å². The number of carbonyl (C=O) groups is 2. The highest BCUT2D eigenvalue weighted by Gasteiger charge is 2.22. The summed E-state index contributed by atoms with van der Waals surface area (Å²) < 4.78 is 10.8. The van der Waals surface area contributed by atoms with Gasteiger partial charge in [0.05, 0.1) is 18.8 Å². The maximum absolute atomic E-state index is 12.6. The van der Waals surface area contributed by atoms with Crippen molar-refractivity contribution in [1.82, 2.24) is 9.88 Å². The fraction of sp³-hybridized carbons (Fsp3) is 0.500. The number of amides is 1. The molecule has 2 aromatic rings. The van der Waals surface area contributed by atoms with Gasteiger partial charge in [-0.25, -0.2) is 9.78 Å². The maximum Gasteiger partial charge on any atom is 0.339 e.